The van der Waals surface area contributed by atoms with E-state index in [-0.39, 0.29) is 29.4 Å². The first-order valence-corrected chi connectivity index (χ1v) is 10.4. The number of para-hydroxylation sites is 1. The second-order valence-electron chi connectivity index (χ2n) is 8.20. The van der Waals surface area contributed by atoms with Crippen molar-refractivity contribution in [3.05, 3.63) is 65.2 Å². The fraction of sp³-hybridized carbons (Fsp3) is 0.333. The van der Waals surface area contributed by atoms with Gasteiger partial charge < -0.3 is 9.64 Å². The molecule has 0 saturated heterocycles. The summed E-state index contributed by atoms with van der Waals surface area (Å²) in [6, 6.07) is 13.0. The van der Waals surface area contributed by atoms with Crippen molar-refractivity contribution in [1.29, 1.82) is 0 Å². The summed E-state index contributed by atoms with van der Waals surface area (Å²) in [5, 5.41) is 0. The van der Waals surface area contributed by atoms with Gasteiger partial charge in [-0.15, -0.1) is 0 Å². The summed E-state index contributed by atoms with van der Waals surface area (Å²) in [4.78, 5) is 53.9. The lowest BCUT2D eigenvalue weighted by Gasteiger charge is -2.26. The molecular weight excluding hydrogens is 396 g/mol. The summed E-state index contributed by atoms with van der Waals surface area (Å²) in [7, 11) is 0. The predicted octanol–water partition coefficient (Wildman–Crippen LogP) is 2.83. The standard InChI is InChI=1S/C24H24N2O5/c1-15(2)13-20(26-22(28)17-8-4-5-9-18(17)23(26)29)24(30)31-14-21(27)25-12-11-16-7-3-6-10-19(16)25/h3-10,15,20H,11-14H2,1-2H3. The highest BCUT2D eigenvalue weighted by molar-refractivity contribution is 6.22. The Bertz CT molecular complexity index is 1030. The van der Waals surface area contributed by atoms with Gasteiger partial charge in [0.2, 0.25) is 0 Å². The van der Waals surface area contributed by atoms with Gasteiger partial charge in [0.05, 0.1) is 11.1 Å². The Labute approximate surface area is 180 Å². The van der Waals surface area contributed by atoms with Crippen LogP contribution in [0.2, 0.25) is 0 Å². The molecule has 7 heteroatoms. The fourth-order valence-electron chi connectivity index (χ4n) is 4.15. The van der Waals surface area contributed by atoms with Gasteiger partial charge in [-0.1, -0.05) is 44.2 Å². The molecule has 0 aliphatic carbocycles. The van der Waals surface area contributed by atoms with Crippen molar-refractivity contribution in [2.24, 2.45) is 5.92 Å². The Balaban J connectivity index is 1.48. The SMILES string of the molecule is CC(C)CC(C(=O)OCC(=O)N1CCc2ccccc21)N1C(=O)c2ccccc2C1=O. The molecule has 0 saturated carbocycles. The number of anilines is 1. The van der Waals surface area contributed by atoms with E-state index in [9.17, 15) is 19.2 Å². The van der Waals surface area contributed by atoms with Crippen LogP contribution in [0.1, 0.15) is 46.5 Å². The molecule has 4 rings (SSSR count). The molecule has 2 heterocycles. The molecule has 0 aromatic heterocycles. The van der Waals surface area contributed by atoms with Crippen LogP contribution in [0.4, 0.5) is 5.69 Å². The number of benzene rings is 2. The highest BCUT2D eigenvalue weighted by atomic mass is 16.5. The number of imide groups is 1. The molecule has 2 aromatic rings. The zero-order valence-electron chi connectivity index (χ0n) is 17.5. The van der Waals surface area contributed by atoms with E-state index in [4.69, 9.17) is 4.74 Å². The van der Waals surface area contributed by atoms with E-state index >= 15 is 0 Å². The van der Waals surface area contributed by atoms with Gasteiger partial charge in [-0.25, -0.2) is 4.79 Å². The average Bonchev–Trinajstić information content (AvgIpc) is 3.30. The molecule has 2 aliphatic rings. The van der Waals surface area contributed by atoms with Crippen LogP contribution >= 0.6 is 0 Å². The molecule has 160 valence electrons. The van der Waals surface area contributed by atoms with Crippen molar-refractivity contribution in [2.75, 3.05) is 18.1 Å². The maximum Gasteiger partial charge on any atom is 0.329 e. The van der Waals surface area contributed by atoms with Gasteiger partial charge in [-0.2, -0.15) is 0 Å². The minimum atomic E-state index is -1.08. The molecular formula is C24H24N2O5. The predicted molar refractivity (Wildman–Crippen MR) is 114 cm³/mol. The Morgan fingerprint density at radius 2 is 1.58 bits per heavy atom. The van der Waals surface area contributed by atoms with E-state index in [2.05, 4.69) is 0 Å². The molecule has 0 N–H and O–H groups in total. The van der Waals surface area contributed by atoms with Gasteiger partial charge in [-0.05, 0) is 42.5 Å². The Morgan fingerprint density at radius 3 is 2.23 bits per heavy atom. The van der Waals surface area contributed by atoms with Gasteiger partial charge in [0.1, 0.15) is 6.04 Å². The van der Waals surface area contributed by atoms with Crippen LogP contribution in [0.15, 0.2) is 48.5 Å². The molecule has 0 radical (unpaired) electrons. The van der Waals surface area contributed by atoms with E-state index in [1.54, 1.807) is 29.2 Å². The van der Waals surface area contributed by atoms with Gasteiger partial charge in [0.25, 0.3) is 17.7 Å². The minimum absolute atomic E-state index is 0.0306. The normalized spacial score (nSPS) is 15.8. The first-order chi connectivity index (χ1) is 14.9. The van der Waals surface area contributed by atoms with Gasteiger partial charge in [-0.3, -0.25) is 19.3 Å². The first-order valence-electron chi connectivity index (χ1n) is 10.4. The third-order valence-corrected chi connectivity index (χ3v) is 5.63. The second kappa shape index (κ2) is 8.34. The average molecular weight is 420 g/mol. The van der Waals surface area contributed by atoms with Gasteiger partial charge in [0.15, 0.2) is 6.61 Å². The Kier molecular flexibility index (Phi) is 5.59. The van der Waals surface area contributed by atoms with Crippen molar-refractivity contribution < 1.29 is 23.9 Å². The van der Waals surface area contributed by atoms with Crippen LogP contribution in [0.5, 0.6) is 0 Å². The molecule has 0 fully saturated rings. The maximum absolute atomic E-state index is 12.9. The van der Waals surface area contributed by atoms with E-state index in [0.29, 0.717) is 6.54 Å². The number of esters is 1. The van der Waals surface area contributed by atoms with Gasteiger partial charge in [0, 0.05) is 12.2 Å². The van der Waals surface area contributed by atoms with Crippen molar-refractivity contribution >= 4 is 29.4 Å². The highest BCUT2D eigenvalue weighted by Crippen LogP contribution is 2.29. The fourth-order valence-corrected chi connectivity index (χ4v) is 4.15. The molecule has 1 unspecified atom stereocenters. The van der Waals surface area contributed by atoms with Gasteiger partial charge >= 0.3 is 5.97 Å². The van der Waals surface area contributed by atoms with E-state index in [0.717, 1.165) is 22.6 Å². The van der Waals surface area contributed by atoms with Crippen LogP contribution < -0.4 is 4.90 Å². The summed E-state index contributed by atoms with van der Waals surface area (Å²) in [6.07, 6.45) is 1.01. The number of rotatable bonds is 6. The zero-order chi connectivity index (χ0) is 22.1. The number of carbonyl (C=O) groups is 4. The van der Waals surface area contributed by atoms with E-state index in [1.165, 1.54) is 0 Å². The summed E-state index contributed by atoms with van der Waals surface area (Å²) < 4.78 is 5.33. The number of nitrogens with zero attached hydrogens (tertiary/aromatic N) is 2. The van der Waals surface area contributed by atoms with Crippen molar-refractivity contribution in [3.8, 4) is 0 Å². The number of amides is 3. The van der Waals surface area contributed by atoms with Crippen LogP contribution in [-0.4, -0.2) is 47.8 Å². The molecule has 7 nitrogen and oxygen atoms in total. The number of hydrogen-bond acceptors (Lipinski definition) is 5. The summed E-state index contributed by atoms with van der Waals surface area (Å²) >= 11 is 0. The molecule has 0 spiro atoms. The quantitative estimate of drug-likeness (QED) is 0.530. The molecule has 3 amide bonds. The number of fused-ring (bicyclic) bond motifs is 2. The lowest BCUT2D eigenvalue weighted by Crippen LogP contribution is -2.47. The van der Waals surface area contributed by atoms with Crippen LogP contribution in [0.25, 0.3) is 0 Å². The summed E-state index contributed by atoms with van der Waals surface area (Å²) in [5.74, 6) is -2.07. The lowest BCUT2D eigenvalue weighted by molar-refractivity contribution is -0.152. The smallest absolute Gasteiger partial charge is 0.329 e. The highest BCUT2D eigenvalue weighted by Gasteiger charge is 2.43. The topological polar surface area (TPSA) is 84.0 Å². The third-order valence-electron chi connectivity index (χ3n) is 5.63. The summed E-state index contributed by atoms with van der Waals surface area (Å²) in [5.41, 5.74) is 2.45. The summed E-state index contributed by atoms with van der Waals surface area (Å²) in [6.45, 7) is 3.88. The Morgan fingerprint density at radius 1 is 0.968 bits per heavy atom. The third kappa shape index (κ3) is 3.83. The largest absolute Gasteiger partial charge is 0.454 e. The molecule has 1 atom stereocenters. The van der Waals surface area contributed by atoms with Crippen molar-refractivity contribution in [3.63, 3.8) is 0 Å². The molecule has 0 bridgehead atoms. The monoisotopic (exact) mass is 420 g/mol. The molecule has 2 aliphatic heterocycles. The van der Waals surface area contributed by atoms with Crippen molar-refractivity contribution in [2.45, 2.75) is 32.7 Å². The van der Waals surface area contributed by atoms with Crippen LogP contribution in [0.3, 0.4) is 0 Å². The van der Waals surface area contributed by atoms with Crippen molar-refractivity contribution in [1.82, 2.24) is 4.90 Å². The van der Waals surface area contributed by atoms with Crippen LogP contribution in [0, 0.1) is 5.92 Å². The number of carbonyl (C=O) groups excluding carboxylic acids is 4. The number of hydrogen-bond donors (Lipinski definition) is 0. The number of ether oxygens (including phenoxy) is 1. The first kappa shape index (κ1) is 20.8. The molecule has 2 aromatic carbocycles. The van der Waals surface area contributed by atoms with E-state index < -0.39 is 30.4 Å². The van der Waals surface area contributed by atoms with Crippen LogP contribution in [-0.2, 0) is 20.7 Å². The molecule has 31 heavy (non-hydrogen) atoms. The zero-order valence-corrected chi connectivity index (χ0v) is 17.5. The van der Waals surface area contributed by atoms with E-state index in [1.807, 2.05) is 38.1 Å². The lowest BCUT2D eigenvalue weighted by atomic mass is 10.0. The second-order valence-corrected chi connectivity index (χ2v) is 8.20. The maximum atomic E-state index is 12.9. The Hall–Kier alpha value is -3.48. The minimum Gasteiger partial charge on any atom is -0.454 e.